The van der Waals surface area contributed by atoms with Crippen molar-refractivity contribution in [2.75, 3.05) is 0 Å². The molecule has 2 unspecified atom stereocenters. The number of hydrogen-bond acceptors (Lipinski definition) is 1. The van der Waals surface area contributed by atoms with Crippen molar-refractivity contribution in [1.82, 2.24) is 0 Å². The lowest BCUT2D eigenvalue weighted by Gasteiger charge is -2.15. The predicted octanol–water partition coefficient (Wildman–Crippen LogP) is 5.35. The Morgan fingerprint density at radius 1 is 1.00 bits per heavy atom. The van der Waals surface area contributed by atoms with Crippen molar-refractivity contribution in [3.8, 4) is 0 Å². The highest BCUT2D eigenvalue weighted by Crippen LogP contribution is 2.28. The molecule has 1 N–H and O–H groups in total. The van der Waals surface area contributed by atoms with Gasteiger partial charge in [0, 0.05) is 4.47 Å². The lowest BCUT2D eigenvalue weighted by Crippen LogP contribution is -2.01. The first-order valence-corrected chi connectivity index (χ1v) is 7.86. The lowest BCUT2D eigenvalue weighted by atomic mass is 9.95. The highest BCUT2D eigenvalue weighted by Gasteiger charge is 2.12. The van der Waals surface area contributed by atoms with Crippen LogP contribution in [0.3, 0.4) is 0 Å². The fourth-order valence-electron chi connectivity index (χ4n) is 2.21. The second kappa shape index (κ2) is 6.55. The standard InChI is InChI=1S/C18H21BrO/c1-4-12(2)14-7-9-15(10-8-14)18(20)16-6-5-13(3)17(19)11-16/h5-12,18,20H,4H2,1-3H3. The van der Waals surface area contributed by atoms with E-state index >= 15 is 0 Å². The van der Waals surface area contributed by atoms with Gasteiger partial charge in [-0.25, -0.2) is 0 Å². The van der Waals surface area contributed by atoms with Gasteiger partial charge in [0.25, 0.3) is 0 Å². The fraction of sp³-hybridized carbons (Fsp3) is 0.333. The van der Waals surface area contributed by atoms with E-state index < -0.39 is 6.10 Å². The zero-order valence-corrected chi connectivity index (χ0v) is 13.8. The van der Waals surface area contributed by atoms with Gasteiger partial charge in [-0.1, -0.05) is 66.2 Å². The Hall–Kier alpha value is -1.12. The average Bonchev–Trinajstić information content (AvgIpc) is 2.48. The van der Waals surface area contributed by atoms with Crippen LogP contribution in [0.25, 0.3) is 0 Å². The SMILES string of the molecule is CCC(C)c1ccc(C(O)c2ccc(C)c(Br)c2)cc1. The van der Waals surface area contributed by atoms with Crippen LogP contribution in [0.1, 0.15) is 54.5 Å². The highest BCUT2D eigenvalue weighted by atomic mass is 79.9. The van der Waals surface area contributed by atoms with E-state index in [1.54, 1.807) is 0 Å². The average molecular weight is 333 g/mol. The molecular weight excluding hydrogens is 312 g/mol. The smallest absolute Gasteiger partial charge is 0.104 e. The Kier molecular flexibility index (Phi) is 5.00. The first kappa shape index (κ1) is 15.3. The van der Waals surface area contributed by atoms with Crippen molar-refractivity contribution < 1.29 is 5.11 Å². The van der Waals surface area contributed by atoms with Crippen LogP contribution in [-0.2, 0) is 0 Å². The number of aliphatic hydroxyl groups excluding tert-OH is 1. The first-order chi connectivity index (χ1) is 9.52. The van der Waals surface area contributed by atoms with Crippen LogP contribution in [0.15, 0.2) is 46.9 Å². The summed E-state index contributed by atoms with van der Waals surface area (Å²) in [6, 6.07) is 14.3. The molecule has 0 spiro atoms. The van der Waals surface area contributed by atoms with Crippen molar-refractivity contribution in [2.45, 2.75) is 39.2 Å². The number of rotatable bonds is 4. The Morgan fingerprint density at radius 2 is 1.55 bits per heavy atom. The van der Waals surface area contributed by atoms with Gasteiger partial charge in [0.1, 0.15) is 6.10 Å². The summed E-state index contributed by atoms with van der Waals surface area (Å²) >= 11 is 3.52. The normalized spacial score (nSPS) is 14.1. The molecule has 0 fully saturated rings. The van der Waals surface area contributed by atoms with Crippen molar-refractivity contribution in [2.24, 2.45) is 0 Å². The molecule has 0 bridgehead atoms. The van der Waals surface area contributed by atoms with Crippen molar-refractivity contribution >= 4 is 15.9 Å². The monoisotopic (exact) mass is 332 g/mol. The van der Waals surface area contributed by atoms with E-state index in [2.05, 4.69) is 41.9 Å². The van der Waals surface area contributed by atoms with Crippen LogP contribution in [-0.4, -0.2) is 5.11 Å². The van der Waals surface area contributed by atoms with E-state index in [9.17, 15) is 5.11 Å². The van der Waals surface area contributed by atoms with Crippen LogP contribution in [0, 0.1) is 6.92 Å². The molecule has 2 aromatic rings. The molecule has 2 aromatic carbocycles. The minimum atomic E-state index is -0.571. The topological polar surface area (TPSA) is 20.2 Å². The largest absolute Gasteiger partial charge is 0.384 e. The number of benzene rings is 2. The molecule has 0 saturated carbocycles. The van der Waals surface area contributed by atoms with Crippen LogP contribution >= 0.6 is 15.9 Å². The highest BCUT2D eigenvalue weighted by molar-refractivity contribution is 9.10. The third-order valence-corrected chi connectivity index (χ3v) is 4.80. The molecule has 20 heavy (non-hydrogen) atoms. The minimum absolute atomic E-state index is 0.565. The van der Waals surface area contributed by atoms with E-state index in [0.29, 0.717) is 5.92 Å². The Labute approximate surface area is 129 Å². The van der Waals surface area contributed by atoms with Crippen molar-refractivity contribution in [1.29, 1.82) is 0 Å². The molecule has 2 rings (SSSR count). The molecule has 0 heterocycles. The third-order valence-electron chi connectivity index (χ3n) is 3.95. The first-order valence-electron chi connectivity index (χ1n) is 7.07. The van der Waals surface area contributed by atoms with Gasteiger partial charge in [0.2, 0.25) is 0 Å². The molecular formula is C18H21BrO. The summed E-state index contributed by atoms with van der Waals surface area (Å²) in [7, 11) is 0. The summed E-state index contributed by atoms with van der Waals surface area (Å²) in [5.74, 6) is 0.565. The summed E-state index contributed by atoms with van der Waals surface area (Å²) in [6.07, 6.45) is 0.560. The quantitative estimate of drug-likeness (QED) is 0.799. The van der Waals surface area contributed by atoms with Gasteiger partial charge in [-0.2, -0.15) is 0 Å². The number of aliphatic hydroxyl groups is 1. The van der Waals surface area contributed by atoms with E-state index in [-0.39, 0.29) is 0 Å². The van der Waals surface area contributed by atoms with Crippen molar-refractivity contribution in [3.05, 3.63) is 69.2 Å². The third kappa shape index (κ3) is 3.31. The molecule has 0 saturated heterocycles. The second-order valence-electron chi connectivity index (χ2n) is 5.39. The minimum Gasteiger partial charge on any atom is -0.384 e. The molecule has 2 atom stereocenters. The Morgan fingerprint density at radius 3 is 2.10 bits per heavy atom. The van der Waals surface area contributed by atoms with Gasteiger partial charge < -0.3 is 5.11 Å². The molecule has 0 amide bonds. The number of aryl methyl sites for hydroxylation is 1. The lowest BCUT2D eigenvalue weighted by molar-refractivity contribution is 0.220. The van der Waals surface area contributed by atoms with Crippen LogP contribution in [0.4, 0.5) is 0 Å². The maximum atomic E-state index is 10.5. The fourth-order valence-corrected chi connectivity index (χ4v) is 2.61. The van der Waals surface area contributed by atoms with Gasteiger partial charge in [0.05, 0.1) is 0 Å². The van der Waals surface area contributed by atoms with Gasteiger partial charge in [-0.15, -0.1) is 0 Å². The maximum Gasteiger partial charge on any atom is 0.104 e. The van der Waals surface area contributed by atoms with E-state index in [0.717, 1.165) is 22.0 Å². The maximum absolute atomic E-state index is 10.5. The van der Waals surface area contributed by atoms with Crippen LogP contribution in [0.5, 0.6) is 0 Å². The molecule has 0 aromatic heterocycles. The molecule has 1 nitrogen and oxygen atoms in total. The van der Waals surface area contributed by atoms with Crippen molar-refractivity contribution in [3.63, 3.8) is 0 Å². The van der Waals surface area contributed by atoms with Gasteiger partial charge in [0.15, 0.2) is 0 Å². The van der Waals surface area contributed by atoms with E-state index in [4.69, 9.17) is 0 Å². The summed E-state index contributed by atoms with van der Waals surface area (Å²) in [5, 5.41) is 10.5. The Balaban J connectivity index is 2.24. The van der Waals surface area contributed by atoms with Gasteiger partial charge in [-0.3, -0.25) is 0 Å². The molecule has 2 heteroatoms. The van der Waals surface area contributed by atoms with E-state index in [1.165, 1.54) is 11.1 Å². The zero-order valence-electron chi connectivity index (χ0n) is 12.2. The van der Waals surface area contributed by atoms with Crippen LogP contribution < -0.4 is 0 Å². The molecule has 0 aliphatic heterocycles. The summed E-state index contributed by atoms with van der Waals surface area (Å²) in [5.41, 5.74) is 4.35. The number of hydrogen-bond donors (Lipinski definition) is 1. The van der Waals surface area contributed by atoms with Gasteiger partial charge >= 0.3 is 0 Å². The second-order valence-corrected chi connectivity index (χ2v) is 6.24. The molecule has 106 valence electrons. The summed E-state index contributed by atoms with van der Waals surface area (Å²) in [6.45, 7) is 6.46. The summed E-state index contributed by atoms with van der Waals surface area (Å²) < 4.78 is 1.03. The van der Waals surface area contributed by atoms with Gasteiger partial charge in [-0.05, 0) is 47.6 Å². The Bertz CT molecular complexity index is 574. The number of halogens is 1. The predicted molar refractivity (Wildman–Crippen MR) is 88.1 cm³/mol. The zero-order chi connectivity index (χ0) is 14.7. The molecule has 0 aliphatic carbocycles. The van der Waals surface area contributed by atoms with E-state index in [1.807, 2.05) is 37.3 Å². The summed E-state index contributed by atoms with van der Waals surface area (Å²) in [4.78, 5) is 0. The van der Waals surface area contributed by atoms with Crippen LogP contribution in [0.2, 0.25) is 0 Å². The molecule has 0 aliphatic rings. The molecule has 0 radical (unpaired) electrons.